The highest BCUT2D eigenvalue weighted by Gasteiger charge is 2.26. The molecular weight excluding hydrogens is 174 g/mol. The summed E-state index contributed by atoms with van der Waals surface area (Å²) in [7, 11) is 0. The van der Waals surface area contributed by atoms with Crippen molar-refractivity contribution in [3.63, 3.8) is 0 Å². The van der Waals surface area contributed by atoms with E-state index < -0.39 is 6.10 Å². The van der Waals surface area contributed by atoms with Crippen LogP contribution in [0.2, 0.25) is 0 Å². The Morgan fingerprint density at radius 1 is 1.67 bits per heavy atom. The predicted molar refractivity (Wildman–Crippen MR) is 46.1 cm³/mol. The predicted octanol–water partition coefficient (Wildman–Crippen LogP) is 1.05. The third-order valence-corrected chi connectivity index (χ3v) is 2.96. The Bertz CT molecular complexity index is 270. The van der Waals surface area contributed by atoms with Gasteiger partial charge in [-0.25, -0.2) is 4.98 Å². The van der Waals surface area contributed by atoms with E-state index in [4.69, 9.17) is 5.11 Å². The monoisotopic (exact) mass is 185 g/mol. The van der Waals surface area contributed by atoms with Gasteiger partial charge >= 0.3 is 0 Å². The van der Waals surface area contributed by atoms with Crippen LogP contribution in [0.5, 0.6) is 0 Å². The summed E-state index contributed by atoms with van der Waals surface area (Å²) in [5, 5.41) is 20.5. The molecule has 1 aromatic heterocycles. The maximum absolute atomic E-state index is 9.24. The van der Waals surface area contributed by atoms with Crippen molar-refractivity contribution in [3.8, 4) is 0 Å². The first-order valence-electron chi connectivity index (χ1n) is 4.05. The summed E-state index contributed by atoms with van der Waals surface area (Å²) < 4.78 is 0. The Kier molecular flexibility index (Phi) is 2.12. The van der Waals surface area contributed by atoms with E-state index in [1.807, 2.05) is 5.38 Å². The van der Waals surface area contributed by atoms with Crippen LogP contribution in [0.4, 0.5) is 0 Å². The minimum atomic E-state index is -0.789. The number of aliphatic hydroxyl groups is 2. The second-order valence-electron chi connectivity index (χ2n) is 3.08. The van der Waals surface area contributed by atoms with Gasteiger partial charge in [-0.05, 0) is 12.8 Å². The van der Waals surface area contributed by atoms with Crippen LogP contribution >= 0.6 is 11.3 Å². The fraction of sp³-hybridized carbons (Fsp3) is 0.625. The molecule has 0 bridgehead atoms. The number of thiazole rings is 1. The van der Waals surface area contributed by atoms with Crippen LogP contribution in [0.15, 0.2) is 5.38 Å². The molecule has 0 aromatic carbocycles. The average molecular weight is 185 g/mol. The lowest BCUT2D eigenvalue weighted by Gasteiger charge is -2.00. The standard InChI is InChI=1S/C8H11NO2S/c10-3-7(11)8-9-6(4-12-8)5-1-2-5/h4-5,7,10-11H,1-3H2. The first kappa shape index (κ1) is 8.16. The molecule has 0 radical (unpaired) electrons. The molecule has 2 rings (SSSR count). The van der Waals surface area contributed by atoms with E-state index in [1.54, 1.807) is 0 Å². The number of hydrogen-bond acceptors (Lipinski definition) is 4. The molecule has 0 saturated heterocycles. The van der Waals surface area contributed by atoms with Gasteiger partial charge in [-0.3, -0.25) is 0 Å². The van der Waals surface area contributed by atoms with Gasteiger partial charge in [-0.2, -0.15) is 0 Å². The molecule has 1 unspecified atom stereocenters. The summed E-state index contributed by atoms with van der Waals surface area (Å²) in [5.41, 5.74) is 1.09. The zero-order valence-electron chi connectivity index (χ0n) is 6.60. The summed E-state index contributed by atoms with van der Waals surface area (Å²) in [6.07, 6.45) is 1.65. The van der Waals surface area contributed by atoms with E-state index in [0.717, 1.165) is 5.69 Å². The Hall–Kier alpha value is -0.450. The van der Waals surface area contributed by atoms with Gasteiger partial charge in [0, 0.05) is 11.3 Å². The van der Waals surface area contributed by atoms with Crippen LogP contribution in [0.25, 0.3) is 0 Å². The molecule has 2 N–H and O–H groups in total. The van der Waals surface area contributed by atoms with E-state index in [0.29, 0.717) is 10.9 Å². The fourth-order valence-electron chi connectivity index (χ4n) is 1.10. The Labute approximate surface area is 74.7 Å². The van der Waals surface area contributed by atoms with E-state index in [2.05, 4.69) is 4.98 Å². The van der Waals surface area contributed by atoms with Gasteiger partial charge in [0.15, 0.2) is 0 Å². The van der Waals surface area contributed by atoms with E-state index in [1.165, 1.54) is 24.2 Å². The van der Waals surface area contributed by atoms with Crippen molar-refractivity contribution in [2.75, 3.05) is 6.61 Å². The van der Waals surface area contributed by atoms with E-state index in [-0.39, 0.29) is 6.61 Å². The molecule has 1 aromatic rings. The summed E-state index contributed by atoms with van der Waals surface area (Å²) in [5.74, 6) is 0.626. The second kappa shape index (κ2) is 3.12. The van der Waals surface area contributed by atoms with E-state index >= 15 is 0 Å². The molecule has 0 spiro atoms. The first-order chi connectivity index (χ1) is 5.81. The number of hydrogen-bond donors (Lipinski definition) is 2. The molecule has 0 amide bonds. The highest BCUT2D eigenvalue weighted by atomic mass is 32.1. The molecule has 12 heavy (non-hydrogen) atoms. The van der Waals surface area contributed by atoms with Crippen LogP contribution in [-0.4, -0.2) is 21.8 Å². The van der Waals surface area contributed by atoms with Crippen molar-refractivity contribution in [3.05, 3.63) is 16.1 Å². The summed E-state index contributed by atoms with van der Waals surface area (Å²) in [4.78, 5) is 4.25. The third kappa shape index (κ3) is 1.50. The number of nitrogens with zero attached hydrogens (tertiary/aromatic N) is 1. The van der Waals surface area contributed by atoms with Crippen LogP contribution in [0, 0.1) is 0 Å². The molecular formula is C8H11NO2S. The summed E-state index contributed by atoms with van der Waals surface area (Å²) in [6.45, 7) is -0.238. The van der Waals surface area contributed by atoms with Crippen molar-refractivity contribution < 1.29 is 10.2 Å². The van der Waals surface area contributed by atoms with Gasteiger partial charge in [0.05, 0.1) is 12.3 Å². The normalized spacial score (nSPS) is 19.5. The Morgan fingerprint density at radius 3 is 3.00 bits per heavy atom. The molecule has 1 aliphatic rings. The van der Waals surface area contributed by atoms with Gasteiger partial charge in [-0.1, -0.05) is 0 Å². The molecule has 1 aliphatic carbocycles. The minimum Gasteiger partial charge on any atom is -0.393 e. The molecule has 1 fully saturated rings. The zero-order chi connectivity index (χ0) is 8.55. The molecule has 1 saturated carbocycles. The van der Waals surface area contributed by atoms with Gasteiger partial charge < -0.3 is 10.2 Å². The van der Waals surface area contributed by atoms with Crippen LogP contribution < -0.4 is 0 Å². The van der Waals surface area contributed by atoms with E-state index in [9.17, 15) is 5.11 Å². The van der Waals surface area contributed by atoms with Crippen LogP contribution in [0.1, 0.15) is 35.6 Å². The quantitative estimate of drug-likeness (QED) is 0.740. The van der Waals surface area contributed by atoms with Gasteiger partial charge in [0.25, 0.3) is 0 Å². The van der Waals surface area contributed by atoms with Crippen molar-refractivity contribution in [1.82, 2.24) is 4.98 Å². The van der Waals surface area contributed by atoms with Crippen molar-refractivity contribution in [2.45, 2.75) is 24.9 Å². The topological polar surface area (TPSA) is 53.4 Å². The molecule has 66 valence electrons. The highest BCUT2D eigenvalue weighted by molar-refractivity contribution is 7.09. The van der Waals surface area contributed by atoms with Crippen molar-refractivity contribution in [2.24, 2.45) is 0 Å². The highest BCUT2D eigenvalue weighted by Crippen LogP contribution is 2.40. The zero-order valence-corrected chi connectivity index (χ0v) is 7.42. The largest absolute Gasteiger partial charge is 0.393 e. The lowest BCUT2D eigenvalue weighted by molar-refractivity contribution is 0.0952. The average Bonchev–Trinajstić information content (AvgIpc) is 2.83. The van der Waals surface area contributed by atoms with Gasteiger partial charge in [0.1, 0.15) is 11.1 Å². The van der Waals surface area contributed by atoms with Crippen LogP contribution in [-0.2, 0) is 0 Å². The SMILES string of the molecule is OCC(O)c1nc(C2CC2)cs1. The molecule has 3 nitrogen and oxygen atoms in total. The van der Waals surface area contributed by atoms with Crippen LogP contribution in [0.3, 0.4) is 0 Å². The fourth-order valence-corrected chi connectivity index (χ4v) is 1.97. The molecule has 1 heterocycles. The van der Waals surface area contributed by atoms with Gasteiger partial charge in [-0.15, -0.1) is 11.3 Å². The summed E-state index contributed by atoms with van der Waals surface area (Å²) >= 11 is 1.43. The summed E-state index contributed by atoms with van der Waals surface area (Å²) in [6, 6.07) is 0. The van der Waals surface area contributed by atoms with Crippen molar-refractivity contribution >= 4 is 11.3 Å². The number of rotatable bonds is 3. The smallest absolute Gasteiger partial charge is 0.128 e. The Balaban J connectivity index is 2.12. The third-order valence-electron chi connectivity index (χ3n) is 1.99. The van der Waals surface area contributed by atoms with Crippen molar-refractivity contribution in [1.29, 1.82) is 0 Å². The van der Waals surface area contributed by atoms with Gasteiger partial charge in [0.2, 0.25) is 0 Å². The Morgan fingerprint density at radius 2 is 2.42 bits per heavy atom. The number of aliphatic hydroxyl groups excluding tert-OH is 2. The molecule has 1 atom stereocenters. The molecule has 4 heteroatoms. The maximum atomic E-state index is 9.24. The second-order valence-corrected chi connectivity index (χ2v) is 3.97. The number of aromatic nitrogens is 1. The minimum absolute atomic E-state index is 0.238. The lowest BCUT2D eigenvalue weighted by Crippen LogP contribution is -2.01. The molecule has 0 aliphatic heterocycles. The maximum Gasteiger partial charge on any atom is 0.128 e. The lowest BCUT2D eigenvalue weighted by atomic mass is 10.3. The first-order valence-corrected chi connectivity index (χ1v) is 4.93.